The van der Waals surface area contributed by atoms with Crippen molar-refractivity contribution in [1.82, 2.24) is 4.57 Å². The first-order valence-corrected chi connectivity index (χ1v) is 8.71. The minimum absolute atomic E-state index is 0.0533. The molecule has 0 bridgehead atoms. The summed E-state index contributed by atoms with van der Waals surface area (Å²) in [5, 5.41) is 0.501. The molecule has 3 aromatic rings. The molecule has 0 saturated heterocycles. The lowest BCUT2D eigenvalue weighted by Gasteiger charge is -2.16. The second-order valence-corrected chi connectivity index (χ2v) is 6.58. The zero-order chi connectivity index (χ0) is 19.1. The van der Waals surface area contributed by atoms with Gasteiger partial charge in [0.15, 0.2) is 5.78 Å². The van der Waals surface area contributed by atoms with Gasteiger partial charge in [-0.2, -0.15) is 0 Å². The van der Waals surface area contributed by atoms with Crippen LogP contribution in [0.4, 0.5) is 8.78 Å². The van der Waals surface area contributed by atoms with Gasteiger partial charge in [-0.05, 0) is 37.1 Å². The Labute approximate surface area is 154 Å². The molecule has 0 unspecified atom stereocenters. The van der Waals surface area contributed by atoms with Crippen LogP contribution in [0.3, 0.4) is 0 Å². The van der Waals surface area contributed by atoms with E-state index in [2.05, 4.69) is 0 Å². The van der Waals surface area contributed by atoms with Crippen LogP contribution in [-0.2, 0) is 17.7 Å². The second kappa shape index (κ2) is 6.61. The van der Waals surface area contributed by atoms with Gasteiger partial charge in [0.2, 0.25) is 0 Å². The maximum atomic E-state index is 14.2. The monoisotopic (exact) mass is 369 g/mol. The van der Waals surface area contributed by atoms with Crippen LogP contribution >= 0.6 is 0 Å². The van der Waals surface area contributed by atoms with Crippen LogP contribution in [0.25, 0.3) is 10.9 Å². The number of aromatic nitrogens is 1. The van der Waals surface area contributed by atoms with Crippen molar-refractivity contribution in [3.63, 3.8) is 0 Å². The highest BCUT2D eigenvalue weighted by Gasteiger charge is 2.29. The Morgan fingerprint density at radius 3 is 2.52 bits per heavy atom. The highest BCUT2D eigenvalue weighted by atomic mass is 19.1. The van der Waals surface area contributed by atoms with E-state index in [9.17, 15) is 18.4 Å². The number of methoxy groups -OCH3 is 1. The highest BCUT2D eigenvalue weighted by molar-refractivity contribution is 6.16. The molecule has 1 aliphatic rings. The molecular formula is C21H17F2NO3. The minimum Gasteiger partial charge on any atom is -0.465 e. The lowest BCUT2D eigenvalue weighted by Crippen LogP contribution is -2.15. The molecule has 1 aromatic heterocycles. The van der Waals surface area contributed by atoms with Crippen LogP contribution in [0, 0.1) is 11.6 Å². The summed E-state index contributed by atoms with van der Waals surface area (Å²) >= 11 is 0. The predicted octanol–water partition coefficient (Wildman–Crippen LogP) is 4.27. The molecule has 1 aliphatic carbocycles. The molecule has 2 aromatic carbocycles. The van der Waals surface area contributed by atoms with Gasteiger partial charge in [0, 0.05) is 28.6 Å². The van der Waals surface area contributed by atoms with Crippen molar-refractivity contribution in [3.8, 4) is 0 Å². The first kappa shape index (κ1) is 17.4. The fourth-order valence-electron chi connectivity index (χ4n) is 3.86. The van der Waals surface area contributed by atoms with Crippen molar-refractivity contribution >= 4 is 22.7 Å². The molecule has 0 atom stereocenters. The molecule has 0 aliphatic heterocycles. The molecule has 6 heteroatoms. The number of ketones is 1. The topological polar surface area (TPSA) is 48.3 Å². The van der Waals surface area contributed by atoms with Crippen molar-refractivity contribution < 1.29 is 23.1 Å². The number of esters is 1. The van der Waals surface area contributed by atoms with Gasteiger partial charge in [-0.15, -0.1) is 0 Å². The molecule has 0 amide bonds. The van der Waals surface area contributed by atoms with Gasteiger partial charge in [-0.25, -0.2) is 13.6 Å². The first-order valence-electron chi connectivity index (χ1n) is 8.71. The van der Waals surface area contributed by atoms with Gasteiger partial charge >= 0.3 is 5.97 Å². The van der Waals surface area contributed by atoms with E-state index in [4.69, 9.17) is 4.74 Å². The normalized spacial score (nSPS) is 13.7. The Bertz CT molecular complexity index is 1060. The van der Waals surface area contributed by atoms with E-state index in [1.807, 2.05) is 0 Å². The number of nitrogens with zero attached hydrogens (tertiary/aromatic N) is 1. The van der Waals surface area contributed by atoms with E-state index in [0.717, 1.165) is 0 Å². The van der Waals surface area contributed by atoms with Gasteiger partial charge in [-0.1, -0.05) is 12.1 Å². The molecule has 0 fully saturated rings. The molecule has 4 rings (SSSR count). The van der Waals surface area contributed by atoms with Crippen LogP contribution in [0.1, 0.15) is 44.8 Å². The number of benzene rings is 2. The van der Waals surface area contributed by atoms with Crippen molar-refractivity contribution in [3.05, 3.63) is 70.4 Å². The number of halogens is 2. The maximum Gasteiger partial charge on any atom is 0.338 e. The Morgan fingerprint density at radius 2 is 1.81 bits per heavy atom. The predicted molar refractivity (Wildman–Crippen MR) is 96.0 cm³/mol. The third kappa shape index (κ3) is 2.72. The van der Waals surface area contributed by atoms with Gasteiger partial charge in [0.1, 0.15) is 11.6 Å². The van der Waals surface area contributed by atoms with Gasteiger partial charge in [-0.3, -0.25) is 4.79 Å². The van der Waals surface area contributed by atoms with Gasteiger partial charge in [0.05, 0.1) is 24.7 Å². The summed E-state index contributed by atoms with van der Waals surface area (Å²) in [7, 11) is 1.28. The van der Waals surface area contributed by atoms with Gasteiger partial charge < -0.3 is 9.30 Å². The fourth-order valence-corrected chi connectivity index (χ4v) is 3.86. The Morgan fingerprint density at radius 1 is 1.11 bits per heavy atom. The number of Topliss-reactive ketones (excluding diaryl/α,β-unsaturated/α-hetero) is 1. The van der Waals surface area contributed by atoms with E-state index in [1.165, 1.54) is 25.3 Å². The Balaban J connectivity index is 2.01. The summed E-state index contributed by atoms with van der Waals surface area (Å²) in [5.74, 6) is -1.89. The molecule has 0 saturated carbocycles. The number of fused-ring (bicyclic) bond motifs is 3. The molecule has 0 N–H and O–H groups in total. The first-order chi connectivity index (χ1) is 13.0. The molecule has 0 radical (unpaired) electrons. The quantitative estimate of drug-likeness (QED) is 0.648. The Kier molecular flexibility index (Phi) is 4.26. The SMILES string of the molecule is COC(=O)c1cccc2c1c1c(n2Cc2c(F)cccc2F)CCCC1=O. The number of hydrogen-bond donors (Lipinski definition) is 0. The van der Waals surface area contributed by atoms with E-state index >= 15 is 0 Å². The molecule has 27 heavy (non-hydrogen) atoms. The summed E-state index contributed by atoms with van der Waals surface area (Å²) < 4.78 is 35.0. The van der Waals surface area contributed by atoms with Crippen molar-refractivity contribution in [2.45, 2.75) is 25.8 Å². The second-order valence-electron chi connectivity index (χ2n) is 6.58. The molecular weight excluding hydrogens is 352 g/mol. The summed E-state index contributed by atoms with van der Waals surface area (Å²) in [6, 6.07) is 8.77. The standard InChI is InChI=1S/C21H17F2NO3/c1-27-21(26)12-5-2-8-16-19(12)20-17(9-4-10-18(20)25)24(16)11-13-14(22)6-3-7-15(13)23/h2-3,5-8H,4,9-11H2,1H3. The largest absolute Gasteiger partial charge is 0.465 e. The lowest BCUT2D eigenvalue weighted by atomic mass is 9.92. The zero-order valence-corrected chi connectivity index (χ0v) is 14.7. The smallest absolute Gasteiger partial charge is 0.338 e. The molecule has 1 heterocycles. The van der Waals surface area contributed by atoms with E-state index in [1.54, 1.807) is 22.8 Å². The van der Waals surface area contributed by atoms with E-state index in [0.29, 0.717) is 41.4 Å². The van der Waals surface area contributed by atoms with E-state index < -0.39 is 17.6 Å². The number of carbonyl (C=O) groups excluding carboxylic acids is 2. The highest BCUT2D eigenvalue weighted by Crippen LogP contribution is 2.35. The number of hydrogen-bond acceptors (Lipinski definition) is 3. The fraction of sp³-hybridized carbons (Fsp3) is 0.238. The third-order valence-electron chi connectivity index (χ3n) is 5.08. The van der Waals surface area contributed by atoms with Crippen LogP contribution < -0.4 is 0 Å². The average molecular weight is 369 g/mol. The summed E-state index contributed by atoms with van der Waals surface area (Å²) in [6.07, 6.45) is 1.65. The average Bonchev–Trinajstić information content (AvgIpc) is 2.99. The van der Waals surface area contributed by atoms with Crippen LogP contribution in [-0.4, -0.2) is 23.4 Å². The van der Waals surface area contributed by atoms with Crippen molar-refractivity contribution in [1.29, 1.82) is 0 Å². The van der Waals surface area contributed by atoms with E-state index in [-0.39, 0.29) is 23.5 Å². The number of ether oxygens (including phenoxy) is 1. The number of rotatable bonds is 3. The van der Waals surface area contributed by atoms with Crippen LogP contribution in [0.15, 0.2) is 36.4 Å². The van der Waals surface area contributed by atoms with Crippen molar-refractivity contribution in [2.75, 3.05) is 7.11 Å². The summed E-state index contributed by atoms with van der Waals surface area (Å²) in [6.45, 7) is -0.0533. The third-order valence-corrected chi connectivity index (χ3v) is 5.08. The van der Waals surface area contributed by atoms with Gasteiger partial charge in [0.25, 0.3) is 0 Å². The van der Waals surface area contributed by atoms with Crippen LogP contribution in [0.2, 0.25) is 0 Å². The number of carbonyl (C=O) groups is 2. The molecule has 138 valence electrons. The molecule has 0 spiro atoms. The summed E-state index contributed by atoms with van der Waals surface area (Å²) in [5.41, 5.74) is 1.99. The minimum atomic E-state index is -0.642. The summed E-state index contributed by atoms with van der Waals surface area (Å²) in [4.78, 5) is 24.9. The van der Waals surface area contributed by atoms with Crippen LogP contribution in [0.5, 0.6) is 0 Å². The zero-order valence-electron chi connectivity index (χ0n) is 14.7. The Hall–Kier alpha value is -3.02. The molecule has 4 nitrogen and oxygen atoms in total. The lowest BCUT2D eigenvalue weighted by molar-refractivity contribution is 0.0603. The van der Waals surface area contributed by atoms with Crippen molar-refractivity contribution in [2.24, 2.45) is 0 Å². The maximum absolute atomic E-state index is 14.2.